The van der Waals surface area contributed by atoms with E-state index in [1.807, 2.05) is 0 Å². The number of carbonyl (C=O) groups excluding carboxylic acids is 3. The molecule has 0 fully saturated rings. The molecule has 468 valence electrons. The van der Waals surface area contributed by atoms with Crippen molar-refractivity contribution in [1.29, 1.82) is 0 Å². The molecule has 0 saturated heterocycles. The maximum absolute atomic E-state index is 13.0. The van der Waals surface area contributed by atoms with Crippen LogP contribution in [0.15, 0.2) is 122 Å². The number of allylic oxidation sites excluding steroid dienone is 20. The van der Waals surface area contributed by atoms with Crippen molar-refractivity contribution in [1.82, 2.24) is 0 Å². The minimum atomic E-state index is -0.796. The zero-order valence-corrected chi connectivity index (χ0v) is 53.7. The average Bonchev–Trinajstić information content (AvgIpc) is 3.47. The van der Waals surface area contributed by atoms with Crippen molar-refractivity contribution in [3.8, 4) is 0 Å². The smallest absolute Gasteiger partial charge is 0.306 e. The van der Waals surface area contributed by atoms with Gasteiger partial charge in [0.15, 0.2) is 6.10 Å². The number of rotatable bonds is 62. The molecule has 6 nitrogen and oxygen atoms in total. The Morgan fingerprint density at radius 1 is 0.256 bits per heavy atom. The highest BCUT2D eigenvalue weighted by molar-refractivity contribution is 5.71. The Morgan fingerprint density at radius 2 is 0.476 bits per heavy atom. The maximum Gasteiger partial charge on any atom is 0.306 e. The Labute approximate surface area is 507 Å². The summed E-state index contributed by atoms with van der Waals surface area (Å²) in [7, 11) is 0. The molecule has 6 heteroatoms. The monoisotopic (exact) mass is 1140 g/mol. The Balaban J connectivity index is 4.41. The summed E-state index contributed by atoms with van der Waals surface area (Å²) in [4.78, 5) is 38.5. The van der Waals surface area contributed by atoms with Gasteiger partial charge in [0.25, 0.3) is 0 Å². The molecule has 0 radical (unpaired) electrons. The van der Waals surface area contributed by atoms with Gasteiger partial charge >= 0.3 is 17.9 Å². The van der Waals surface area contributed by atoms with Crippen LogP contribution in [0, 0.1) is 0 Å². The summed E-state index contributed by atoms with van der Waals surface area (Å²) in [6.45, 7) is 6.42. The van der Waals surface area contributed by atoms with Gasteiger partial charge in [-0.2, -0.15) is 0 Å². The average molecular weight is 1140 g/mol. The van der Waals surface area contributed by atoms with Crippen LogP contribution in [0.2, 0.25) is 0 Å². The van der Waals surface area contributed by atoms with Crippen molar-refractivity contribution >= 4 is 17.9 Å². The maximum atomic E-state index is 13.0. The molecule has 0 N–H and O–H groups in total. The van der Waals surface area contributed by atoms with E-state index in [1.165, 1.54) is 148 Å². The lowest BCUT2D eigenvalue weighted by Gasteiger charge is -2.18. The lowest BCUT2D eigenvalue weighted by Crippen LogP contribution is -2.30. The van der Waals surface area contributed by atoms with Crippen molar-refractivity contribution in [3.05, 3.63) is 122 Å². The van der Waals surface area contributed by atoms with E-state index < -0.39 is 6.10 Å². The zero-order valence-electron chi connectivity index (χ0n) is 53.7. The van der Waals surface area contributed by atoms with Gasteiger partial charge in [0, 0.05) is 19.3 Å². The number of hydrogen-bond acceptors (Lipinski definition) is 6. The molecule has 0 saturated carbocycles. The van der Waals surface area contributed by atoms with Gasteiger partial charge in [0.05, 0.1) is 0 Å². The molecule has 0 aromatic carbocycles. The van der Waals surface area contributed by atoms with E-state index in [1.54, 1.807) is 0 Å². The quantitative estimate of drug-likeness (QED) is 0.0261. The highest BCUT2D eigenvalue weighted by atomic mass is 16.6. The van der Waals surface area contributed by atoms with Gasteiger partial charge in [-0.3, -0.25) is 14.4 Å². The first kappa shape index (κ1) is 77.8. The summed E-state index contributed by atoms with van der Waals surface area (Å²) in [5.74, 6) is -0.904. The number of hydrogen-bond donors (Lipinski definition) is 0. The van der Waals surface area contributed by atoms with Crippen LogP contribution in [-0.4, -0.2) is 37.2 Å². The van der Waals surface area contributed by atoms with Gasteiger partial charge in [0.1, 0.15) is 13.2 Å². The van der Waals surface area contributed by atoms with Crippen molar-refractivity contribution in [2.75, 3.05) is 13.2 Å². The molecule has 1 unspecified atom stereocenters. The van der Waals surface area contributed by atoms with E-state index >= 15 is 0 Å². The molecule has 0 aromatic heterocycles. The second-order valence-electron chi connectivity index (χ2n) is 22.7. The van der Waals surface area contributed by atoms with Gasteiger partial charge < -0.3 is 14.2 Å². The van der Waals surface area contributed by atoms with Crippen LogP contribution in [0.4, 0.5) is 0 Å². The molecular weight excluding hydrogens is 1010 g/mol. The standard InChI is InChI=1S/C76H128O6/c1-4-7-10-13-16-19-22-25-28-31-34-36-37-38-39-41-42-45-48-51-54-57-60-63-66-69-75(78)81-72-73(71-80-74(77)68-65-62-59-56-53-50-47-44-33-30-27-24-21-18-15-12-9-6-3)82-76(79)70-67-64-61-58-55-52-49-46-43-40-35-32-29-26-23-20-17-14-11-8-5-2/h7-8,10-11,16-17,19-20,25-26,28-30,33-36,40,46,49,73H,4-6,9,12-15,18,21-24,27,31-32,37-39,41-45,47-48,50-72H2,1-3H3/b10-7-,11-8-,19-16-,20-17-,28-25-,29-26-,33-30-,36-34-,40-35-,49-46-. The van der Waals surface area contributed by atoms with Crippen LogP contribution in [0.1, 0.15) is 323 Å². The molecular formula is C76H128O6. The summed E-state index contributed by atoms with van der Waals surface area (Å²) in [6, 6.07) is 0. The predicted octanol–water partition coefficient (Wildman–Crippen LogP) is 23.9. The molecule has 82 heavy (non-hydrogen) atoms. The number of esters is 3. The van der Waals surface area contributed by atoms with E-state index in [0.29, 0.717) is 19.3 Å². The summed E-state index contributed by atoms with van der Waals surface area (Å²) >= 11 is 0. The molecule has 0 aliphatic rings. The van der Waals surface area contributed by atoms with Crippen LogP contribution < -0.4 is 0 Å². The second-order valence-corrected chi connectivity index (χ2v) is 22.7. The van der Waals surface area contributed by atoms with E-state index in [4.69, 9.17) is 14.2 Å². The highest BCUT2D eigenvalue weighted by Crippen LogP contribution is 2.16. The number of carbonyl (C=O) groups is 3. The van der Waals surface area contributed by atoms with Gasteiger partial charge in [0.2, 0.25) is 0 Å². The topological polar surface area (TPSA) is 78.9 Å². The molecule has 0 spiro atoms. The summed E-state index contributed by atoms with van der Waals surface area (Å²) in [5, 5.41) is 0. The van der Waals surface area contributed by atoms with E-state index in [2.05, 4.69) is 142 Å². The first-order valence-corrected chi connectivity index (χ1v) is 34.5. The lowest BCUT2D eigenvalue weighted by molar-refractivity contribution is -0.167. The highest BCUT2D eigenvalue weighted by Gasteiger charge is 2.19. The second kappa shape index (κ2) is 69.3. The molecule has 0 bridgehead atoms. The summed E-state index contributed by atoms with van der Waals surface area (Å²) in [5.41, 5.74) is 0. The largest absolute Gasteiger partial charge is 0.462 e. The fraction of sp³-hybridized carbons (Fsp3) is 0.697. The molecule has 0 aromatic rings. The van der Waals surface area contributed by atoms with Crippen LogP contribution in [0.3, 0.4) is 0 Å². The Kier molecular flexibility index (Phi) is 65.8. The van der Waals surface area contributed by atoms with Crippen molar-refractivity contribution in [2.45, 2.75) is 329 Å². The Bertz CT molecular complexity index is 1690. The first-order valence-electron chi connectivity index (χ1n) is 34.5. The Morgan fingerprint density at radius 3 is 0.756 bits per heavy atom. The van der Waals surface area contributed by atoms with Crippen molar-refractivity contribution in [2.24, 2.45) is 0 Å². The van der Waals surface area contributed by atoms with Gasteiger partial charge in [-0.15, -0.1) is 0 Å². The van der Waals surface area contributed by atoms with Crippen LogP contribution in [0.25, 0.3) is 0 Å². The van der Waals surface area contributed by atoms with Gasteiger partial charge in [-0.1, -0.05) is 296 Å². The number of unbranched alkanes of at least 4 members (excludes halogenated alkanes) is 31. The Hall–Kier alpha value is -4.19. The molecule has 0 amide bonds. The zero-order chi connectivity index (χ0) is 59.2. The van der Waals surface area contributed by atoms with Gasteiger partial charge in [-0.25, -0.2) is 0 Å². The summed E-state index contributed by atoms with van der Waals surface area (Å²) < 4.78 is 17.0. The minimum Gasteiger partial charge on any atom is -0.462 e. The van der Waals surface area contributed by atoms with E-state index in [0.717, 1.165) is 135 Å². The van der Waals surface area contributed by atoms with Gasteiger partial charge in [-0.05, 0) is 128 Å². The predicted molar refractivity (Wildman–Crippen MR) is 357 cm³/mol. The lowest BCUT2D eigenvalue weighted by atomic mass is 10.0. The molecule has 1 atom stereocenters. The normalized spacial score (nSPS) is 12.9. The third-order valence-corrected chi connectivity index (χ3v) is 14.7. The minimum absolute atomic E-state index is 0.0894. The van der Waals surface area contributed by atoms with Crippen molar-refractivity contribution in [3.63, 3.8) is 0 Å². The van der Waals surface area contributed by atoms with Crippen LogP contribution in [-0.2, 0) is 28.6 Å². The molecule has 0 heterocycles. The van der Waals surface area contributed by atoms with E-state index in [-0.39, 0.29) is 31.1 Å². The SMILES string of the molecule is CC/C=C\C/C=C\C/C=C\C/C=C\C/C=C\CCCCCCCC(=O)OC(COC(=O)CCCCCCCCC/C=C\CCCCCCCCC)COC(=O)CCCCCCCCCCCCCC/C=C\C/C=C\C/C=C\C/C=C\CC. The van der Waals surface area contributed by atoms with Crippen molar-refractivity contribution < 1.29 is 28.6 Å². The van der Waals surface area contributed by atoms with E-state index in [9.17, 15) is 14.4 Å². The summed E-state index contributed by atoms with van der Waals surface area (Å²) in [6.07, 6.45) is 96.4. The molecule has 0 rings (SSSR count). The third-order valence-electron chi connectivity index (χ3n) is 14.7. The number of ether oxygens (including phenoxy) is 3. The van der Waals surface area contributed by atoms with Crippen LogP contribution >= 0.6 is 0 Å². The first-order chi connectivity index (χ1) is 40.5. The molecule has 0 aliphatic heterocycles. The fourth-order valence-corrected chi connectivity index (χ4v) is 9.57. The van der Waals surface area contributed by atoms with Crippen LogP contribution in [0.5, 0.6) is 0 Å². The fourth-order valence-electron chi connectivity index (χ4n) is 9.57. The molecule has 0 aliphatic carbocycles. The third kappa shape index (κ3) is 66.6.